The monoisotopic (exact) mass is 674 g/mol. The minimum atomic E-state index is -0.381. The van der Waals surface area contributed by atoms with Crippen LogP contribution in [0.1, 0.15) is 73.6 Å². The summed E-state index contributed by atoms with van der Waals surface area (Å²) in [5.41, 5.74) is 4.85. The van der Waals surface area contributed by atoms with Gasteiger partial charge in [0.1, 0.15) is 5.82 Å². The van der Waals surface area contributed by atoms with Gasteiger partial charge in [0.15, 0.2) is 0 Å². The fraction of sp³-hybridized carbons (Fsp3) is 0.342. The average molecular weight is 675 g/mol. The maximum Gasteiger partial charge on any atom is 0.261 e. The van der Waals surface area contributed by atoms with Crippen LogP contribution in [0.4, 0.5) is 22.9 Å². The van der Waals surface area contributed by atoms with Crippen molar-refractivity contribution in [2.45, 2.75) is 51.6 Å². The van der Waals surface area contributed by atoms with Crippen LogP contribution in [-0.2, 0) is 4.74 Å². The summed E-state index contributed by atoms with van der Waals surface area (Å²) in [5.74, 6) is 0.216. The molecule has 0 radical (unpaired) electrons. The summed E-state index contributed by atoms with van der Waals surface area (Å²) < 4.78 is 5.57. The largest absolute Gasteiger partial charge is 0.381 e. The molecule has 10 nitrogen and oxygen atoms in total. The number of hydrogen-bond donors (Lipinski definition) is 2. The summed E-state index contributed by atoms with van der Waals surface area (Å²) in [6.45, 7) is 7.21. The number of pyridine rings is 1. The number of anilines is 3. The molecule has 3 fully saturated rings. The number of ether oxygens (including phenoxy) is 1. The van der Waals surface area contributed by atoms with Gasteiger partial charge in [-0.2, -0.15) is 0 Å². The van der Waals surface area contributed by atoms with Gasteiger partial charge in [-0.1, -0.05) is 12.1 Å². The van der Waals surface area contributed by atoms with Crippen LogP contribution in [0, 0.1) is 12.3 Å². The van der Waals surface area contributed by atoms with E-state index in [1.54, 1.807) is 29.2 Å². The standard InChI is InChI=1S/C38H38N6O4S/c1-23-7-14-28(34(39-23)43-21-38(22-43)17-19-48-20-18-38)35(45)40-26-10-8-25(9-11-26)37(47)44-24(2)33(42-29-5-3-4-6-30(29)44)31-15-16-32(49-31)36(46)41-27-12-13-27/h3-11,14-16,24,27H,12-13,17-22H2,1-2H3,(H,40,45)(H,41,46)/t24-/m1/s1. The number of thiophene rings is 1. The van der Waals surface area contributed by atoms with Crippen LogP contribution >= 0.6 is 11.3 Å². The van der Waals surface area contributed by atoms with E-state index in [-0.39, 0.29) is 35.2 Å². The summed E-state index contributed by atoms with van der Waals surface area (Å²) in [5, 5.41) is 6.06. The third kappa shape index (κ3) is 6.13. The van der Waals surface area contributed by atoms with Gasteiger partial charge in [0.05, 0.1) is 38.4 Å². The third-order valence-electron chi connectivity index (χ3n) is 9.93. The Labute approximate surface area is 289 Å². The molecule has 1 spiro atoms. The molecule has 3 aliphatic heterocycles. The highest BCUT2D eigenvalue weighted by atomic mass is 32.1. The molecule has 3 amide bonds. The van der Waals surface area contributed by atoms with Gasteiger partial charge >= 0.3 is 0 Å². The van der Waals surface area contributed by atoms with Crippen LogP contribution in [0.15, 0.2) is 77.8 Å². The number of nitrogens with zero attached hydrogens (tertiary/aromatic N) is 4. The molecule has 250 valence electrons. The first kappa shape index (κ1) is 31.4. The maximum absolute atomic E-state index is 14.2. The van der Waals surface area contributed by atoms with Crippen molar-refractivity contribution in [3.63, 3.8) is 0 Å². The number of benzene rings is 2. The Hall–Kier alpha value is -4.87. The Morgan fingerprint density at radius 2 is 1.67 bits per heavy atom. The van der Waals surface area contributed by atoms with E-state index >= 15 is 0 Å². The van der Waals surface area contributed by atoms with E-state index < -0.39 is 0 Å². The summed E-state index contributed by atoms with van der Waals surface area (Å²) in [6, 6.07) is 21.9. The molecular weight excluding hydrogens is 637 g/mol. The molecule has 11 heteroatoms. The molecule has 2 saturated heterocycles. The molecule has 49 heavy (non-hydrogen) atoms. The number of aromatic nitrogens is 1. The van der Waals surface area contributed by atoms with Crippen molar-refractivity contribution in [1.29, 1.82) is 0 Å². The van der Waals surface area contributed by atoms with Gasteiger partial charge in [-0.25, -0.2) is 9.98 Å². The second-order valence-electron chi connectivity index (χ2n) is 13.6. The number of carbonyl (C=O) groups excluding carboxylic acids is 3. The molecule has 0 bridgehead atoms. The molecule has 1 saturated carbocycles. The zero-order valence-electron chi connectivity index (χ0n) is 27.6. The number of nitrogens with one attached hydrogen (secondary N) is 2. The fourth-order valence-electron chi connectivity index (χ4n) is 6.97. The number of hydrogen-bond acceptors (Lipinski definition) is 8. The second kappa shape index (κ2) is 12.5. The van der Waals surface area contributed by atoms with E-state index in [1.807, 2.05) is 62.4 Å². The molecule has 5 heterocycles. The number of carbonyl (C=O) groups is 3. The lowest BCUT2D eigenvalue weighted by atomic mass is 9.73. The van der Waals surface area contributed by atoms with Crippen LogP contribution in [0.3, 0.4) is 0 Å². The van der Waals surface area contributed by atoms with E-state index in [1.165, 1.54) is 11.3 Å². The molecule has 1 atom stereocenters. The minimum Gasteiger partial charge on any atom is -0.381 e. The summed E-state index contributed by atoms with van der Waals surface area (Å²) in [7, 11) is 0. The number of aryl methyl sites for hydroxylation is 1. The van der Waals surface area contributed by atoms with Crippen LogP contribution in [0.2, 0.25) is 0 Å². The van der Waals surface area contributed by atoms with Gasteiger partial charge < -0.3 is 20.3 Å². The molecule has 2 aromatic heterocycles. The van der Waals surface area contributed by atoms with Crippen molar-refractivity contribution >= 4 is 57.7 Å². The first-order valence-electron chi connectivity index (χ1n) is 16.9. The smallest absolute Gasteiger partial charge is 0.261 e. The number of rotatable bonds is 7. The minimum absolute atomic E-state index is 0.0675. The third-order valence-corrected chi connectivity index (χ3v) is 11.0. The fourth-order valence-corrected chi connectivity index (χ4v) is 7.95. The second-order valence-corrected chi connectivity index (χ2v) is 14.7. The first-order valence-corrected chi connectivity index (χ1v) is 17.7. The molecule has 4 aliphatic rings. The zero-order valence-corrected chi connectivity index (χ0v) is 28.4. The van der Waals surface area contributed by atoms with E-state index in [0.29, 0.717) is 33.2 Å². The average Bonchev–Trinajstić information content (AvgIpc) is 3.78. The Morgan fingerprint density at radius 1 is 0.918 bits per heavy atom. The lowest BCUT2D eigenvalue weighted by Crippen LogP contribution is -2.59. The van der Waals surface area contributed by atoms with Gasteiger partial charge in [-0.15, -0.1) is 11.3 Å². The van der Waals surface area contributed by atoms with Gasteiger partial charge in [0, 0.05) is 54.7 Å². The van der Waals surface area contributed by atoms with E-state index in [4.69, 9.17) is 14.7 Å². The Balaban J connectivity index is 0.990. The normalized spacial score (nSPS) is 19.5. The summed E-state index contributed by atoms with van der Waals surface area (Å²) >= 11 is 1.39. The SMILES string of the molecule is Cc1ccc(C(=O)Nc2ccc(C(=O)N3c4ccccc4N=C(c4ccc(C(=O)NC5CC5)s4)[C@H]3C)cc2)c(N2CC3(CCOCC3)C2)n1. The number of para-hydroxylation sites is 2. The van der Waals surface area contributed by atoms with Crippen molar-refractivity contribution in [3.05, 3.63) is 99.4 Å². The maximum atomic E-state index is 14.2. The van der Waals surface area contributed by atoms with Crippen molar-refractivity contribution in [2.75, 3.05) is 41.4 Å². The quantitative estimate of drug-likeness (QED) is 0.235. The van der Waals surface area contributed by atoms with Gasteiger partial charge in [-0.05, 0) is 100 Å². The Bertz CT molecular complexity index is 1970. The Morgan fingerprint density at radius 3 is 2.43 bits per heavy atom. The number of aliphatic imine (C=N–C) groups is 1. The van der Waals surface area contributed by atoms with Gasteiger partial charge in [-0.3, -0.25) is 19.3 Å². The first-order chi connectivity index (χ1) is 23.8. The van der Waals surface area contributed by atoms with Gasteiger partial charge in [0.25, 0.3) is 17.7 Å². The molecular formula is C38H38N6O4S. The molecule has 2 N–H and O–H groups in total. The van der Waals surface area contributed by atoms with E-state index in [0.717, 1.165) is 74.0 Å². The predicted molar refractivity (Wildman–Crippen MR) is 192 cm³/mol. The number of amides is 3. The van der Waals surface area contributed by atoms with Crippen LogP contribution < -0.4 is 20.4 Å². The molecule has 1 aliphatic carbocycles. The van der Waals surface area contributed by atoms with Crippen LogP contribution in [-0.4, -0.2) is 66.8 Å². The highest BCUT2D eigenvalue weighted by Crippen LogP contribution is 2.43. The lowest BCUT2D eigenvalue weighted by Gasteiger charge is -2.53. The highest BCUT2D eigenvalue weighted by Gasteiger charge is 2.45. The Kier molecular flexibility index (Phi) is 8.04. The van der Waals surface area contributed by atoms with Crippen molar-refractivity contribution in [2.24, 2.45) is 10.4 Å². The molecule has 4 aromatic rings. The van der Waals surface area contributed by atoms with E-state index in [9.17, 15) is 14.4 Å². The summed E-state index contributed by atoms with van der Waals surface area (Å²) in [6.07, 6.45) is 4.12. The predicted octanol–water partition coefficient (Wildman–Crippen LogP) is 6.38. The van der Waals surface area contributed by atoms with Crippen LogP contribution in [0.25, 0.3) is 0 Å². The zero-order chi connectivity index (χ0) is 33.7. The molecule has 0 unspecified atom stereocenters. The van der Waals surface area contributed by atoms with Crippen molar-refractivity contribution < 1.29 is 19.1 Å². The topological polar surface area (TPSA) is 116 Å². The highest BCUT2D eigenvalue weighted by molar-refractivity contribution is 7.16. The van der Waals surface area contributed by atoms with Gasteiger partial charge in [0.2, 0.25) is 0 Å². The van der Waals surface area contributed by atoms with E-state index in [2.05, 4.69) is 15.5 Å². The van der Waals surface area contributed by atoms with Crippen molar-refractivity contribution in [1.82, 2.24) is 10.3 Å². The van der Waals surface area contributed by atoms with Crippen LogP contribution in [0.5, 0.6) is 0 Å². The summed E-state index contributed by atoms with van der Waals surface area (Å²) in [4.78, 5) is 55.6. The molecule has 2 aromatic carbocycles. The lowest BCUT2D eigenvalue weighted by molar-refractivity contribution is -0.000519. The molecule has 8 rings (SSSR count). The number of fused-ring (bicyclic) bond motifs is 1. The van der Waals surface area contributed by atoms with Crippen molar-refractivity contribution in [3.8, 4) is 0 Å².